The molecule has 0 aromatic heterocycles. The van der Waals surface area contributed by atoms with E-state index in [0.717, 1.165) is 24.1 Å². The molecule has 0 saturated heterocycles. The highest BCUT2D eigenvalue weighted by Crippen LogP contribution is 2.36. The number of hydrogen-bond donors (Lipinski definition) is 1. The molecule has 2 atom stereocenters. The van der Waals surface area contributed by atoms with Crippen molar-refractivity contribution in [2.75, 3.05) is 7.11 Å². The van der Waals surface area contributed by atoms with E-state index in [4.69, 9.17) is 15.6 Å². The fourth-order valence-corrected chi connectivity index (χ4v) is 3.53. The second-order valence-corrected chi connectivity index (χ2v) is 6.95. The third-order valence-corrected chi connectivity index (χ3v) is 4.85. The zero-order valence-electron chi connectivity index (χ0n) is 15.7. The first-order valence-electron chi connectivity index (χ1n) is 8.98. The SMILES string of the molecule is COc1ccc(C2=NN(C(C)C)C(=O)[C@@H]3CC=CC[C@H]23)cc1C#CC(N)=O. The number of hydrazone groups is 1. The maximum absolute atomic E-state index is 12.8. The normalized spacial score (nSPS) is 21.3. The number of carbonyl (C=O) groups excluding carboxylic acids is 2. The van der Waals surface area contributed by atoms with Gasteiger partial charge in [-0.2, -0.15) is 5.10 Å². The van der Waals surface area contributed by atoms with E-state index in [1.807, 2.05) is 26.0 Å². The molecule has 1 aromatic rings. The lowest BCUT2D eigenvalue weighted by molar-refractivity contribution is -0.139. The summed E-state index contributed by atoms with van der Waals surface area (Å²) in [6.45, 7) is 3.91. The average Bonchev–Trinajstić information content (AvgIpc) is 2.66. The first-order valence-corrected chi connectivity index (χ1v) is 8.98. The van der Waals surface area contributed by atoms with Gasteiger partial charge in [0.25, 0.3) is 5.91 Å². The second kappa shape index (κ2) is 7.67. The predicted molar refractivity (Wildman–Crippen MR) is 103 cm³/mol. The Labute approximate surface area is 159 Å². The summed E-state index contributed by atoms with van der Waals surface area (Å²) in [5.41, 5.74) is 7.43. The van der Waals surface area contributed by atoms with E-state index < -0.39 is 5.91 Å². The van der Waals surface area contributed by atoms with Crippen molar-refractivity contribution in [2.45, 2.75) is 32.7 Å². The number of rotatable bonds is 3. The molecular formula is C21H23N3O3. The molecule has 0 spiro atoms. The Morgan fingerprint density at radius 3 is 2.63 bits per heavy atom. The molecular weight excluding hydrogens is 342 g/mol. The zero-order valence-corrected chi connectivity index (χ0v) is 15.7. The maximum Gasteiger partial charge on any atom is 0.293 e. The van der Waals surface area contributed by atoms with Gasteiger partial charge < -0.3 is 10.5 Å². The van der Waals surface area contributed by atoms with Crippen molar-refractivity contribution in [3.05, 3.63) is 41.5 Å². The molecule has 0 radical (unpaired) electrons. The molecule has 2 N–H and O–H groups in total. The second-order valence-electron chi connectivity index (χ2n) is 6.95. The first-order chi connectivity index (χ1) is 12.9. The summed E-state index contributed by atoms with van der Waals surface area (Å²) in [5, 5.41) is 6.27. The van der Waals surface area contributed by atoms with Gasteiger partial charge in [-0.3, -0.25) is 9.59 Å². The van der Waals surface area contributed by atoms with E-state index in [2.05, 4.69) is 24.0 Å². The monoisotopic (exact) mass is 365 g/mol. The molecule has 3 rings (SSSR count). The van der Waals surface area contributed by atoms with Crippen LogP contribution >= 0.6 is 0 Å². The smallest absolute Gasteiger partial charge is 0.293 e. The fraction of sp³-hybridized carbons (Fsp3) is 0.381. The van der Waals surface area contributed by atoms with Crippen molar-refractivity contribution in [1.82, 2.24) is 5.01 Å². The number of benzene rings is 1. The van der Waals surface area contributed by atoms with E-state index in [9.17, 15) is 9.59 Å². The number of allylic oxidation sites excluding steroid dienone is 2. The Bertz CT molecular complexity index is 890. The van der Waals surface area contributed by atoms with E-state index in [-0.39, 0.29) is 23.8 Å². The molecule has 0 unspecified atom stereocenters. The van der Waals surface area contributed by atoms with Gasteiger partial charge in [-0.25, -0.2) is 5.01 Å². The summed E-state index contributed by atoms with van der Waals surface area (Å²) >= 11 is 0. The molecule has 2 amide bonds. The molecule has 140 valence electrons. The molecule has 1 heterocycles. The number of nitrogens with zero attached hydrogens (tertiary/aromatic N) is 2. The average molecular weight is 365 g/mol. The highest BCUT2D eigenvalue weighted by Gasteiger charge is 2.40. The molecule has 0 bridgehead atoms. The van der Waals surface area contributed by atoms with Crippen molar-refractivity contribution in [3.8, 4) is 17.6 Å². The lowest BCUT2D eigenvalue weighted by Crippen LogP contribution is -2.47. The Hall–Kier alpha value is -3.07. The van der Waals surface area contributed by atoms with Crippen LogP contribution in [0.1, 0.15) is 37.8 Å². The van der Waals surface area contributed by atoms with Gasteiger partial charge in [0.05, 0.1) is 24.3 Å². The van der Waals surface area contributed by atoms with Crippen LogP contribution in [0.4, 0.5) is 0 Å². The number of amides is 2. The van der Waals surface area contributed by atoms with Crippen molar-refractivity contribution >= 4 is 17.5 Å². The number of ether oxygens (including phenoxy) is 1. The van der Waals surface area contributed by atoms with Gasteiger partial charge in [-0.1, -0.05) is 18.1 Å². The van der Waals surface area contributed by atoms with Crippen molar-refractivity contribution < 1.29 is 14.3 Å². The van der Waals surface area contributed by atoms with Gasteiger partial charge in [0.15, 0.2) is 0 Å². The lowest BCUT2D eigenvalue weighted by Gasteiger charge is -2.38. The third kappa shape index (κ3) is 3.72. The summed E-state index contributed by atoms with van der Waals surface area (Å²) in [5.74, 6) is 4.96. The Morgan fingerprint density at radius 2 is 2.00 bits per heavy atom. The fourth-order valence-electron chi connectivity index (χ4n) is 3.53. The number of methoxy groups -OCH3 is 1. The van der Waals surface area contributed by atoms with Crippen LogP contribution in [-0.2, 0) is 9.59 Å². The van der Waals surface area contributed by atoms with Crippen LogP contribution in [0.5, 0.6) is 5.75 Å². The minimum atomic E-state index is -0.702. The standard InChI is InChI=1S/C21H23N3O3/c1-13(2)24-21(26)17-7-5-4-6-16(17)20(23-24)15-8-10-18(27-3)14(12-15)9-11-19(22)25/h4-5,8,10,12-13,16-17H,6-7H2,1-3H3,(H2,22,25)/t16-,17+/m0/s1. The van der Waals surface area contributed by atoms with E-state index >= 15 is 0 Å². The zero-order chi connectivity index (χ0) is 19.6. The highest BCUT2D eigenvalue weighted by molar-refractivity contribution is 6.07. The highest BCUT2D eigenvalue weighted by atomic mass is 16.5. The van der Waals surface area contributed by atoms with Gasteiger partial charge in [-0.05, 0) is 50.5 Å². The quantitative estimate of drug-likeness (QED) is 0.657. The van der Waals surface area contributed by atoms with Gasteiger partial charge >= 0.3 is 0 Å². The molecule has 1 aromatic carbocycles. The van der Waals surface area contributed by atoms with Crippen LogP contribution in [0, 0.1) is 23.7 Å². The van der Waals surface area contributed by atoms with Crippen LogP contribution in [0.2, 0.25) is 0 Å². The van der Waals surface area contributed by atoms with E-state index in [1.54, 1.807) is 18.2 Å². The molecule has 6 nitrogen and oxygen atoms in total. The lowest BCUT2D eigenvalue weighted by atomic mass is 9.76. The first kappa shape index (κ1) is 18.7. The van der Waals surface area contributed by atoms with Gasteiger partial charge in [0, 0.05) is 17.9 Å². The molecule has 0 fully saturated rings. The Kier molecular flexibility index (Phi) is 5.31. The molecule has 27 heavy (non-hydrogen) atoms. The van der Waals surface area contributed by atoms with E-state index in [0.29, 0.717) is 11.3 Å². The summed E-state index contributed by atoms with van der Waals surface area (Å²) < 4.78 is 5.33. The Balaban J connectivity index is 2.10. The number of nitrogens with two attached hydrogens (primary N) is 1. The molecule has 1 aliphatic carbocycles. The van der Waals surface area contributed by atoms with Crippen LogP contribution in [0.15, 0.2) is 35.5 Å². The third-order valence-electron chi connectivity index (χ3n) is 4.85. The molecule has 2 aliphatic rings. The van der Waals surface area contributed by atoms with E-state index in [1.165, 1.54) is 0 Å². The van der Waals surface area contributed by atoms with Gasteiger partial charge in [0.1, 0.15) is 5.75 Å². The van der Waals surface area contributed by atoms with Crippen LogP contribution in [0.3, 0.4) is 0 Å². The number of carbonyl (C=O) groups is 2. The minimum absolute atomic E-state index is 0.0215. The van der Waals surface area contributed by atoms with Crippen LogP contribution in [-0.4, -0.2) is 35.7 Å². The maximum atomic E-state index is 12.8. The van der Waals surface area contributed by atoms with Crippen LogP contribution in [0.25, 0.3) is 0 Å². The van der Waals surface area contributed by atoms with Crippen molar-refractivity contribution in [3.63, 3.8) is 0 Å². The molecule has 0 saturated carbocycles. The summed E-state index contributed by atoms with van der Waals surface area (Å²) in [6.07, 6.45) is 5.66. The van der Waals surface area contributed by atoms with Gasteiger partial charge in [-0.15, -0.1) is 0 Å². The molecule has 1 aliphatic heterocycles. The predicted octanol–water partition coefficient (Wildman–Crippen LogP) is 2.07. The summed E-state index contributed by atoms with van der Waals surface area (Å²) in [4.78, 5) is 23.8. The van der Waals surface area contributed by atoms with Crippen molar-refractivity contribution in [1.29, 1.82) is 0 Å². The Morgan fingerprint density at radius 1 is 1.30 bits per heavy atom. The largest absolute Gasteiger partial charge is 0.495 e. The topological polar surface area (TPSA) is 85.0 Å². The van der Waals surface area contributed by atoms with Crippen molar-refractivity contribution in [2.24, 2.45) is 22.7 Å². The number of fused-ring (bicyclic) bond motifs is 1. The van der Waals surface area contributed by atoms with Gasteiger partial charge in [0.2, 0.25) is 5.91 Å². The summed E-state index contributed by atoms with van der Waals surface area (Å²) in [7, 11) is 1.55. The minimum Gasteiger partial charge on any atom is -0.495 e. The number of primary amides is 1. The number of hydrogen-bond acceptors (Lipinski definition) is 4. The molecule has 6 heteroatoms. The summed E-state index contributed by atoms with van der Waals surface area (Å²) in [6, 6.07) is 5.53. The van der Waals surface area contributed by atoms with Crippen LogP contribution < -0.4 is 10.5 Å².